The van der Waals surface area contributed by atoms with E-state index in [0.29, 0.717) is 28.5 Å². The number of imidazole rings is 1. The molecular weight excluding hydrogens is 440 g/mol. The van der Waals surface area contributed by atoms with Gasteiger partial charge in [-0.25, -0.2) is 14.4 Å². The van der Waals surface area contributed by atoms with Crippen LogP contribution in [0, 0.1) is 0 Å². The van der Waals surface area contributed by atoms with Crippen molar-refractivity contribution in [1.82, 2.24) is 19.5 Å². The molecule has 0 saturated heterocycles. The number of rotatable bonds is 11. The number of ether oxygens (including phenoxy) is 2. The third-order valence-corrected chi connectivity index (χ3v) is 8.90. The molecule has 1 aromatic carbocycles. The van der Waals surface area contributed by atoms with Gasteiger partial charge in [0.1, 0.15) is 42.6 Å². The van der Waals surface area contributed by atoms with Gasteiger partial charge in [0, 0.05) is 17.2 Å². The maximum atomic E-state index is 13.6. The summed E-state index contributed by atoms with van der Waals surface area (Å²) in [4.78, 5) is 14.0. The van der Waals surface area contributed by atoms with Crippen LogP contribution in [-0.2, 0) is 15.8 Å². The molecule has 1 unspecified atom stereocenters. The summed E-state index contributed by atoms with van der Waals surface area (Å²) in [5.74, 6) is 0.860. The van der Waals surface area contributed by atoms with Crippen LogP contribution >= 0.6 is 18.9 Å². The molecule has 0 fully saturated rings. The van der Waals surface area contributed by atoms with E-state index in [9.17, 15) is 8.96 Å². The van der Waals surface area contributed by atoms with Gasteiger partial charge in [0.2, 0.25) is 5.95 Å². The lowest BCUT2D eigenvalue weighted by Crippen LogP contribution is -2.23. The van der Waals surface area contributed by atoms with Crippen molar-refractivity contribution >= 4 is 36.0 Å². The smallest absolute Gasteiger partial charge is 0.223 e. The third-order valence-electron chi connectivity index (χ3n) is 4.99. The first-order valence-corrected chi connectivity index (χ1v) is 13.0. The van der Waals surface area contributed by atoms with Gasteiger partial charge >= 0.3 is 0 Å². The molecule has 2 N–H and O–H groups in total. The molecule has 3 rings (SSSR count). The molecule has 3 aromatic rings. The molecule has 31 heavy (non-hydrogen) atoms. The van der Waals surface area contributed by atoms with Crippen molar-refractivity contribution in [3.05, 3.63) is 30.6 Å². The average Bonchev–Trinajstić information content (AvgIpc) is 3.19. The van der Waals surface area contributed by atoms with E-state index in [2.05, 4.69) is 15.0 Å². The molecular formula is C20H27FN5O3PS. The number of nitrogens with two attached hydrogens (primary N) is 1. The number of anilines is 1. The highest BCUT2D eigenvalue weighted by molar-refractivity contribution is 7.99. The standard InChI is InChI=1S/C20H27FN5O3PS/c1-4-30(27,5-2)13-29-15(10-21)11-26-12-23-17-18(26)24-20(22)25-19(17)31-16-8-6-14(28-3)7-9-16/h6-9,12,15H,4-5,10-11,13H2,1-3H3,(H2,22,24,25). The molecule has 1 atom stereocenters. The fourth-order valence-corrected chi connectivity index (χ4v) is 5.08. The summed E-state index contributed by atoms with van der Waals surface area (Å²) >= 11 is 1.40. The van der Waals surface area contributed by atoms with E-state index >= 15 is 0 Å². The van der Waals surface area contributed by atoms with Crippen molar-refractivity contribution in [2.24, 2.45) is 0 Å². The second-order valence-corrected chi connectivity index (χ2v) is 11.7. The lowest BCUT2D eigenvalue weighted by molar-refractivity contribution is 0.0521. The maximum absolute atomic E-state index is 13.6. The summed E-state index contributed by atoms with van der Waals surface area (Å²) in [6, 6.07) is 7.54. The quantitative estimate of drug-likeness (QED) is 0.329. The fourth-order valence-electron chi connectivity index (χ4n) is 2.91. The van der Waals surface area contributed by atoms with Gasteiger partial charge in [-0.15, -0.1) is 0 Å². The molecule has 2 aromatic heterocycles. The van der Waals surface area contributed by atoms with Crippen molar-refractivity contribution in [1.29, 1.82) is 0 Å². The fraction of sp³-hybridized carbons (Fsp3) is 0.450. The van der Waals surface area contributed by atoms with Gasteiger partial charge in [0.15, 0.2) is 5.65 Å². The van der Waals surface area contributed by atoms with Gasteiger partial charge < -0.3 is 24.3 Å². The SMILES string of the molecule is CCP(=O)(CC)COC(CF)Cn1cnc2c(Sc3ccc(OC)cc3)nc(N)nc21. The first-order chi connectivity index (χ1) is 14.9. The number of hydrogen-bond donors (Lipinski definition) is 1. The summed E-state index contributed by atoms with van der Waals surface area (Å²) in [5, 5.41) is 0.602. The monoisotopic (exact) mass is 467 g/mol. The van der Waals surface area contributed by atoms with Crippen LogP contribution in [0.1, 0.15) is 13.8 Å². The Morgan fingerprint density at radius 2 is 1.94 bits per heavy atom. The van der Waals surface area contributed by atoms with E-state index in [1.807, 2.05) is 38.1 Å². The number of methoxy groups -OCH3 is 1. The molecule has 0 amide bonds. The number of aromatic nitrogens is 4. The number of fused-ring (bicyclic) bond motifs is 1. The molecule has 2 heterocycles. The van der Waals surface area contributed by atoms with Gasteiger partial charge in [0.05, 0.1) is 20.0 Å². The Morgan fingerprint density at radius 3 is 2.55 bits per heavy atom. The number of nitrogens with zero attached hydrogens (tertiary/aromatic N) is 4. The number of hydrogen-bond acceptors (Lipinski definition) is 8. The largest absolute Gasteiger partial charge is 0.497 e. The van der Waals surface area contributed by atoms with Crippen LogP contribution in [0.5, 0.6) is 5.75 Å². The minimum absolute atomic E-state index is 0.0664. The van der Waals surface area contributed by atoms with Crippen molar-refractivity contribution in [3.63, 3.8) is 0 Å². The van der Waals surface area contributed by atoms with Crippen LogP contribution in [0.2, 0.25) is 0 Å². The molecule has 0 bridgehead atoms. The first-order valence-electron chi connectivity index (χ1n) is 9.96. The molecule has 0 radical (unpaired) electrons. The third kappa shape index (κ3) is 5.75. The second-order valence-electron chi connectivity index (χ2n) is 7.00. The number of benzene rings is 1. The van der Waals surface area contributed by atoms with E-state index < -0.39 is 19.9 Å². The molecule has 0 saturated carbocycles. The summed E-state index contributed by atoms with van der Waals surface area (Å²) < 4.78 is 38.7. The van der Waals surface area contributed by atoms with E-state index in [4.69, 9.17) is 15.2 Å². The topological polar surface area (TPSA) is 105 Å². The zero-order chi connectivity index (χ0) is 22.4. The molecule has 168 valence electrons. The molecule has 0 aliphatic rings. The van der Waals surface area contributed by atoms with Crippen LogP contribution in [0.15, 0.2) is 40.5 Å². The number of alkyl halides is 1. The zero-order valence-electron chi connectivity index (χ0n) is 17.8. The Hall–Kier alpha value is -2.16. The second kappa shape index (κ2) is 10.4. The van der Waals surface area contributed by atoms with Crippen molar-refractivity contribution in [2.75, 3.05) is 38.2 Å². The van der Waals surface area contributed by atoms with Crippen LogP contribution in [0.25, 0.3) is 11.2 Å². The lowest BCUT2D eigenvalue weighted by Gasteiger charge is -2.20. The first kappa shape index (κ1) is 23.5. The predicted octanol–water partition coefficient (Wildman–Crippen LogP) is 4.28. The normalized spacial score (nSPS) is 12.9. The zero-order valence-corrected chi connectivity index (χ0v) is 19.5. The Bertz CT molecular complexity index is 1050. The highest BCUT2D eigenvalue weighted by atomic mass is 32.2. The van der Waals surface area contributed by atoms with Crippen LogP contribution < -0.4 is 10.5 Å². The Labute approximate surface area is 185 Å². The van der Waals surface area contributed by atoms with Crippen LogP contribution in [0.4, 0.5) is 10.3 Å². The average molecular weight is 468 g/mol. The van der Waals surface area contributed by atoms with Crippen molar-refractivity contribution < 1.29 is 18.4 Å². The molecule has 0 aliphatic carbocycles. The predicted molar refractivity (Wildman–Crippen MR) is 121 cm³/mol. The van der Waals surface area contributed by atoms with Gasteiger partial charge in [0.25, 0.3) is 0 Å². The molecule has 0 aliphatic heterocycles. The van der Waals surface area contributed by atoms with Gasteiger partial charge in [-0.1, -0.05) is 25.6 Å². The Balaban J connectivity index is 1.81. The van der Waals surface area contributed by atoms with E-state index in [-0.39, 0.29) is 18.8 Å². The van der Waals surface area contributed by atoms with Crippen LogP contribution in [0.3, 0.4) is 0 Å². The minimum atomic E-state index is -2.42. The van der Waals surface area contributed by atoms with E-state index in [1.165, 1.54) is 11.8 Å². The molecule has 0 spiro atoms. The highest BCUT2D eigenvalue weighted by Gasteiger charge is 2.22. The summed E-state index contributed by atoms with van der Waals surface area (Å²) in [5.41, 5.74) is 7.00. The van der Waals surface area contributed by atoms with Crippen LogP contribution in [-0.4, -0.2) is 58.1 Å². The Morgan fingerprint density at radius 1 is 1.23 bits per heavy atom. The van der Waals surface area contributed by atoms with Gasteiger partial charge in [-0.05, 0) is 24.3 Å². The Kier molecular flexibility index (Phi) is 7.91. The van der Waals surface area contributed by atoms with Gasteiger partial charge in [-0.2, -0.15) is 4.98 Å². The van der Waals surface area contributed by atoms with Crippen molar-refractivity contribution in [2.45, 2.75) is 36.4 Å². The number of nitrogen functional groups attached to an aromatic ring is 1. The minimum Gasteiger partial charge on any atom is -0.497 e. The number of halogens is 1. The summed E-state index contributed by atoms with van der Waals surface area (Å²) in [7, 11) is -0.806. The van der Waals surface area contributed by atoms with E-state index in [0.717, 1.165) is 10.6 Å². The summed E-state index contributed by atoms with van der Waals surface area (Å²) in [6.45, 7) is 3.21. The van der Waals surface area contributed by atoms with Gasteiger partial charge in [-0.3, -0.25) is 0 Å². The van der Waals surface area contributed by atoms with E-state index in [1.54, 1.807) is 18.0 Å². The maximum Gasteiger partial charge on any atom is 0.223 e. The molecule has 8 nitrogen and oxygen atoms in total. The highest BCUT2D eigenvalue weighted by Crippen LogP contribution is 2.44. The van der Waals surface area contributed by atoms with Crippen molar-refractivity contribution in [3.8, 4) is 5.75 Å². The molecule has 11 heteroatoms. The lowest BCUT2D eigenvalue weighted by atomic mass is 10.3. The summed E-state index contributed by atoms with van der Waals surface area (Å²) in [6.07, 6.45) is 1.95.